The first-order valence-electron chi connectivity index (χ1n) is 11.9. The van der Waals surface area contributed by atoms with E-state index in [9.17, 15) is 9.18 Å². The van der Waals surface area contributed by atoms with E-state index in [1.165, 1.54) is 13.0 Å². The molecule has 1 heterocycles. The molecule has 5 nitrogen and oxygen atoms in total. The second-order valence-electron chi connectivity index (χ2n) is 8.80. The van der Waals surface area contributed by atoms with Crippen molar-refractivity contribution in [2.45, 2.75) is 26.6 Å². The summed E-state index contributed by atoms with van der Waals surface area (Å²) in [6.07, 6.45) is -0.585. The number of anilines is 2. The second-order valence-corrected chi connectivity index (χ2v) is 9.24. The molecule has 0 spiro atoms. The van der Waals surface area contributed by atoms with Crippen LogP contribution in [0.4, 0.5) is 15.8 Å². The number of aryl methyl sites for hydroxylation is 1. The number of hydrogen-bond acceptors (Lipinski definition) is 5. The molecule has 1 aliphatic rings. The van der Waals surface area contributed by atoms with Gasteiger partial charge in [-0.05, 0) is 55.5 Å². The Morgan fingerprint density at radius 2 is 1.65 bits per heavy atom. The minimum absolute atomic E-state index is 0.0321. The maximum absolute atomic E-state index is 14.3. The van der Waals surface area contributed by atoms with Gasteiger partial charge in [-0.2, -0.15) is 0 Å². The molecule has 5 rings (SSSR count). The van der Waals surface area contributed by atoms with E-state index in [4.69, 9.17) is 21.4 Å². The highest BCUT2D eigenvalue weighted by atomic mass is 35.5. The summed E-state index contributed by atoms with van der Waals surface area (Å²) in [4.78, 5) is 14.7. The first-order valence-corrected chi connectivity index (χ1v) is 12.3. The number of carbonyl (C=O) groups excluding carboxylic acids is 1. The van der Waals surface area contributed by atoms with E-state index in [2.05, 4.69) is 0 Å². The van der Waals surface area contributed by atoms with E-state index in [1.54, 1.807) is 41.4 Å². The maximum atomic E-state index is 14.3. The van der Waals surface area contributed by atoms with Gasteiger partial charge in [0.05, 0.1) is 5.69 Å². The number of ether oxygens (including phenoxy) is 1. The van der Waals surface area contributed by atoms with Crippen LogP contribution in [0.5, 0.6) is 5.75 Å². The summed E-state index contributed by atoms with van der Waals surface area (Å²) in [5.41, 5.74) is 3.81. The normalized spacial score (nSPS) is 15.0. The van der Waals surface area contributed by atoms with Gasteiger partial charge in [-0.1, -0.05) is 65.7 Å². The van der Waals surface area contributed by atoms with Crippen LogP contribution in [0.1, 0.15) is 29.8 Å². The van der Waals surface area contributed by atoms with E-state index in [0.29, 0.717) is 21.9 Å². The number of ketones is 1. The van der Waals surface area contributed by atoms with Gasteiger partial charge in [0, 0.05) is 28.8 Å². The lowest BCUT2D eigenvalue weighted by atomic mass is 10.1. The summed E-state index contributed by atoms with van der Waals surface area (Å²) >= 11 is 6.49. The van der Waals surface area contributed by atoms with Crippen molar-refractivity contribution in [2.24, 2.45) is 5.10 Å². The van der Waals surface area contributed by atoms with E-state index >= 15 is 0 Å². The number of nitrogens with zero attached hydrogens (tertiary/aromatic N) is 3. The number of para-hydroxylation sites is 1. The third kappa shape index (κ3) is 5.06. The molecule has 7 heteroatoms. The predicted octanol–water partition coefficient (Wildman–Crippen LogP) is 7.29. The van der Waals surface area contributed by atoms with Crippen LogP contribution >= 0.6 is 11.6 Å². The molecule has 186 valence electrons. The minimum atomic E-state index is -0.585. The van der Waals surface area contributed by atoms with E-state index < -0.39 is 6.17 Å². The van der Waals surface area contributed by atoms with Crippen molar-refractivity contribution >= 4 is 34.6 Å². The molecule has 0 aliphatic carbocycles. The van der Waals surface area contributed by atoms with Gasteiger partial charge in [-0.15, -0.1) is 5.10 Å². The van der Waals surface area contributed by atoms with Gasteiger partial charge in [-0.3, -0.25) is 9.69 Å². The lowest BCUT2D eigenvalue weighted by Crippen LogP contribution is -2.38. The number of amidine groups is 1. The van der Waals surface area contributed by atoms with Crippen LogP contribution in [0, 0.1) is 12.7 Å². The third-order valence-corrected chi connectivity index (χ3v) is 6.38. The lowest BCUT2D eigenvalue weighted by molar-refractivity contribution is -0.111. The van der Waals surface area contributed by atoms with Crippen LogP contribution < -0.4 is 14.6 Å². The molecule has 4 aromatic rings. The Morgan fingerprint density at radius 1 is 0.946 bits per heavy atom. The maximum Gasteiger partial charge on any atom is 0.198 e. The first-order chi connectivity index (χ1) is 17.9. The molecule has 0 bridgehead atoms. The Balaban J connectivity index is 1.65. The van der Waals surface area contributed by atoms with Gasteiger partial charge in [0.1, 0.15) is 18.2 Å². The Morgan fingerprint density at radius 3 is 2.35 bits per heavy atom. The van der Waals surface area contributed by atoms with E-state index in [0.717, 1.165) is 16.9 Å². The van der Waals surface area contributed by atoms with Crippen LogP contribution in [0.2, 0.25) is 5.02 Å². The van der Waals surface area contributed by atoms with Gasteiger partial charge >= 0.3 is 0 Å². The van der Waals surface area contributed by atoms with Crippen LogP contribution in [0.25, 0.3) is 0 Å². The largest absolute Gasteiger partial charge is 0.488 e. The van der Waals surface area contributed by atoms with Crippen molar-refractivity contribution < 1.29 is 13.9 Å². The average molecular weight is 514 g/mol. The molecular formula is C30H25ClFN3O2. The van der Waals surface area contributed by atoms with Gasteiger partial charge < -0.3 is 4.74 Å². The number of Topliss-reactive ketones (excluding diaryl/α,β-unsaturated/α-hetero) is 1. The third-order valence-electron chi connectivity index (χ3n) is 6.15. The fourth-order valence-electron chi connectivity index (χ4n) is 4.31. The highest BCUT2D eigenvalue weighted by molar-refractivity contribution is 6.44. The second kappa shape index (κ2) is 10.4. The number of carbonyl (C=O) groups is 1. The fourth-order valence-corrected chi connectivity index (χ4v) is 4.49. The van der Waals surface area contributed by atoms with Gasteiger partial charge in [0.25, 0.3) is 0 Å². The van der Waals surface area contributed by atoms with Crippen molar-refractivity contribution in [1.82, 2.24) is 0 Å². The van der Waals surface area contributed by atoms with Crippen LogP contribution in [0.3, 0.4) is 0 Å². The molecule has 4 aromatic carbocycles. The summed E-state index contributed by atoms with van der Waals surface area (Å²) < 4.78 is 20.5. The Bertz CT molecular complexity index is 1460. The molecule has 0 N–H and O–H groups in total. The van der Waals surface area contributed by atoms with E-state index in [1.807, 2.05) is 66.4 Å². The average Bonchev–Trinajstić information content (AvgIpc) is 3.31. The molecule has 0 saturated heterocycles. The number of hydrazone groups is 1. The predicted molar refractivity (Wildman–Crippen MR) is 146 cm³/mol. The summed E-state index contributed by atoms with van der Waals surface area (Å²) in [6.45, 7) is 3.54. The van der Waals surface area contributed by atoms with Crippen LogP contribution in [-0.4, -0.2) is 11.6 Å². The highest BCUT2D eigenvalue weighted by Gasteiger charge is 2.40. The molecule has 0 saturated carbocycles. The molecule has 0 fully saturated rings. The molecule has 1 aliphatic heterocycles. The first kappa shape index (κ1) is 24.5. The van der Waals surface area contributed by atoms with Crippen molar-refractivity contribution in [3.05, 3.63) is 125 Å². The van der Waals surface area contributed by atoms with Gasteiger partial charge in [-0.25, -0.2) is 9.40 Å². The summed E-state index contributed by atoms with van der Waals surface area (Å²) in [5, 5.41) is 7.06. The smallest absolute Gasteiger partial charge is 0.198 e. The highest BCUT2D eigenvalue weighted by Crippen LogP contribution is 2.43. The number of benzene rings is 4. The molecule has 0 aromatic heterocycles. The van der Waals surface area contributed by atoms with Crippen LogP contribution in [-0.2, 0) is 11.4 Å². The van der Waals surface area contributed by atoms with E-state index in [-0.39, 0.29) is 24.0 Å². The summed E-state index contributed by atoms with van der Waals surface area (Å²) in [5.74, 6) is 0.279. The quantitative estimate of drug-likeness (QED) is 0.260. The SMILES string of the molecule is CC(=O)C1=NN(c2ccccc2)C(c2cc(Cl)ccc2OCc2ccccc2F)N1c1ccc(C)cc1. The molecule has 37 heavy (non-hydrogen) atoms. The van der Waals surface area contributed by atoms with Crippen molar-refractivity contribution in [1.29, 1.82) is 0 Å². The molecule has 0 radical (unpaired) electrons. The van der Waals surface area contributed by atoms with Crippen molar-refractivity contribution in [3.63, 3.8) is 0 Å². The van der Waals surface area contributed by atoms with Crippen molar-refractivity contribution in [2.75, 3.05) is 9.91 Å². The summed E-state index contributed by atoms with van der Waals surface area (Å²) in [7, 11) is 0. The Hall–Kier alpha value is -4.16. The number of halogens is 2. The van der Waals surface area contributed by atoms with Gasteiger partial charge in [0.15, 0.2) is 17.8 Å². The number of hydrogen-bond donors (Lipinski definition) is 0. The topological polar surface area (TPSA) is 45.1 Å². The molecule has 0 amide bonds. The zero-order valence-electron chi connectivity index (χ0n) is 20.4. The van der Waals surface area contributed by atoms with Crippen molar-refractivity contribution in [3.8, 4) is 5.75 Å². The Kier molecular flexibility index (Phi) is 6.93. The van der Waals surface area contributed by atoms with Crippen LogP contribution in [0.15, 0.2) is 102 Å². The zero-order valence-corrected chi connectivity index (χ0v) is 21.2. The molecule has 1 unspecified atom stereocenters. The Labute approximate surface area is 220 Å². The lowest BCUT2D eigenvalue weighted by Gasteiger charge is -2.33. The summed E-state index contributed by atoms with van der Waals surface area (Å²) in [6, 6.07) is 29.3. The zero-order chi connectivity index (χ0) is 25.9. The van der Waals surface area contributed by atoms with Gasteiger partial charge in [0.2, 0.25) is 0 Å². The standard InChI is InChI=1S/C30H25ClFN3O2/c1-20-12-15-24(16-13-20)34-29(21(2)36)33-35(25-9-4-3-5-10-25)30(34)26-18-23(31)14-17-28(26)37-19-22-8-6-7-11-27(22)32/h3-18,30H,19H2,1-2H3. The molecular weight excluding hydrogens is 489 g/mol. The fraction of sp³-hybridized carbons (Fsp3) is 0.133. The number of rotatable bonds is 7. The monoisotopic (exact) mass is 513 g/mol. The molecule has 1 atom stereocenters. The minimum Gasteiger partial charge on any atom is -0.488 e.